The minimum absolute atomic E-state index is 0.0853. The molecule has 0 radical (unpaired) electrons. The second kappa shape index (κ2) is 9.70. The van der Waals surface area contributed by atoms with Crippen molar-refractivity contribution in [3.05, 3.63) is 101 Å². The van der Waals surface area contributed by atoms with E-state index in [1.54, 1.807) is 23.8 Å². The number of rotatable bonds is 6. The van der Waals surface area contributed by atoms with Crippen LogP contribution in [-0.4, -0.2) is 15.0 Å². The van der Waals surface area contributed by atoms with E-state index in [1.165, 1.54) is 6.07 Å². The summed E-state index contributed by atoms with van der Waals surface area (Å²) in [6.45, 7) is 3.50. The SMILES string of the molecule is Cc1c(Cc2ccc(I)cc2F)c2c(=O)n(C3CC3)c(C)c(-c3cccc(C[S@](C)=O)c3)c2oc1=O. The van der Waals surface area contributed by atoms with Crippen molar-refractivity contribution in [2.45, 2.75) is 44.9 Å². The van der Waals surface area contributed by atoms with Crippen LogP contribution in [-0.2, 0) is 23.0 Å². The van der Waals surface area contributed by atoms with Gasteiger partial charge in [-0.15, -0.1) is 0 Å². The maximum absolute atomic E-state index is 14.8. The van der Waals surface area contributed by atoms with E-state index in [1.807, 2.05) is 59.8 Å². The van der Waals surface area contributed by atoms with E-state index < -0.39 is 16.4 Å². The Bertz CT molecular complexity index is 1670. The molecule has 1 atom stereocenters. The standard InChI is InChI=1S/C28H25FINO4S/c1-15-22(12-18-7-8-20(30)13-23(18)29)25-26(35-28(15)33)24(16(2)31(27(25)32)21-9-10-21)19-6-4-5-17(11-19)14-36(3)34/h4-8,11,13,21H,9-10,12,14H2,1-3H3/t36-/m0/s1. The van der Waals surface area contributed by atoms with Gasteiger partial charge in [-0.1, -0.05) is 30.3 Å². The van der Waals surface area contributed by atoms with Crippen molar-refractivity contribution in [3.63, 3.8) is 0 Å². The largest absolute Gasteiger partial charge is 0.422 e. The molecule has 0 unspecified atom stereocenters. The van der Waals surface area contributed by atoms with Gasteiger partial charge in [-0.3, -0.25) is 9.00 Å². The maximum Gasteiger partial charge on any atom is 0.339 e. The van der Waals surface area contributed by atoms with Gasteiger partial charge in [-0.2, -0.15) is 0 Å². The Kier molecular flexibility index (Phi) is 6.76. The lowest BCUT2D eigenvalue weighted by Crippen LogP contribution is -2.25. The molecule has 36 heavy (non-hydrogen) atoms. The Morgan fingerprint density at radius 1 is 1.14 bits per heavy atom. The van der Waals surface area contributed by atoms with Crippen molar-refractivity contribution in [1.29, 1.82) is 0 Å². The Morgan fingerprint density at radius 2 is 1.89 bits per heavy atom. The topological polar surface area (TPSA) is 69.3 Å². The summed E-state index contributed by atoms with van der Waals surface area (Å²) >= 11 is 2.05. The number of benzene rings is 2. The lowest BCUT2D eigenvalue weighted by atomic mass is 9.94. The molecule has 0 N–H and O–H groups in total. The molecular formula is C28H25FINO4S. The van der Waals surface area contributed by atoms with Crippen LogP contribution in [0.5, 0.6) is 0 Å². The summed E-state index contributed by atoms with van der Waals surface area (Å²) in [6.07, 6.45) is 3.56. The summed E-state index contributed by atoms with van der Waals surface area (Å²) in [5, 5.41) is 0.321. The molecule has 1 fully saturated rings. The van der Waals surface area contributed by atoms with E-state index in [2.05, 4.69) is 0 Å². The lowest BCUT2D eigenvalue weighted by molar-refractivity contribution is 0.549. The van der Waals surface area contributed by atoms with E-state index in [-0.39, 0.29) is 29.4 Å². The van der Waals surface area contributed by atoms with Gasteiger partial charge in [0.05, 0.1) is 5.39 Å². The molecule has 186 valence electrons. The van der Waals surface area contributed by atoms with Crippen molar-refractivity contribution in [2.75, 3.05) is 6.26 Å². The van der Waals surface area contributed by atoms with Crippen LogP contribution in [0.25, 0.3) is 22.1 Å². The van der Waals surface area contributed by atoms with Crippen molar-refractivity contribution in [1.82, 2.24) is 4.57 Å². The summed E-state index contributed by atoms with van der Waals surface area (Å²) in [4.78, 5) is 26.9. The fourth-order valence-electron chi connectivity index (χ4n) is 4.87. The summed E-state index contributed by atoms with van der Waals surface area (Å²) in [6, 6.07) is 12.7. The molecule has 0 saturated heterocycles. The molecule has 0 spiro atoms. The molecule has 1 aliphatic carbocycles. The molecule has 4 aromatic rings. The van der Waals surface area contributed by atoms with Crippen LogP contribution in [0.3, 0.4) is 0 Å². The van der Waals surface area contributed by atoms with E-state index in [9.17, 15) is 18.2 Å². The third kappa shape index (κ3) is 4.61. The maximum atomic E-state index is 14.8. The molecule has 5 nitrogen and oxygen atoms in total. The molecule has 1 aliphatic rings. The monoisotopic (exact) mass is 617 g/mol. The minimum Gasteiger partial charge on any atom is -0.422 e. The molecule has 2 aromatic carbocycles. The van der Waals surface area contributed by atoms with Gasteiger partial charge in [0, 0.05) is 55.7 Å². The molecule has 1 saturated carbocycles. The Hall–Kier alpha value is -2.59. The first-order chi connectivity index (χ1) is 17.2. The van der Waals surface area contributed by atoms with Crippen molar-refractivity contribution < 1.29 is 13.0 Å². The fraction of sp³-hybridized carbons (Fsp3) is 0.286. The first-order valence-electron chi connectivity index (χ1n) is 11.7. The molecule has 0 aliphatic heterocycles. The molecule has 2 heterocycles. The summed E-state index contributed by atoms with van der Waals surface area (Å²) < 4.78 is 35.1. The molecule has 8 heteroatoms. The van der Waals surface area contributed by atoms with Gasteiger partial charge in [0.2, 0.25) is 0 Å². The lowest BCUT2D eigenvalue weighted by Gasteiger charge is -2.19. The number of halogens is 2. The number of hydrogen-bond donors (Lipinski definition) is 0. The first kappa shape index (κ1) is 25.1. The van der Waals surface area contributed by atoms with E-state index >= 15 is 0 Å². The molecule has 2 aromatic heterocycles. The highest BCUT2D eigenvalue weighted by Gasteiger charge is 2.31. The quantitative estimate of drug-likeness (QED) is 0.257. The number of nitrogens with zero attached hydrogens (tertiary/aromatic N) is 1. The third-order valence-electron chi connectivity index (χ3n) is 6.75. The van der Waals surface area contributed by atoms with Crippen molar-refractivity contribution >= 4 is 44.4 Å². The van der Waals surface area contributed by atoms with Crippen molar-refractivity contribution in [3.8, 4) is 11.1 Å². The van der Waals surface area contributed by atoms with Gasteiger partial charge in [0.15, 0.2) is 5.58 Å². The average Bonchev–Trinajstić information content (AvgIpc) is 3.63. The van der Waals surface area contributed by atoms with Gasteiger partial charge < -0.3 is 8.98 Å². The number of pyridine rings is 1. The second-order valence-corrected chi connectivity index (χ2v) is 12.1. The van der Waals surface area contributed by atoms with Gasteiger partial charge in [-0.25, -0.2) is 9.18 Å². The van der Waals surface area contributed by atoms with Crippen LogP contribution in [0.4, 0.5) is 4.39 Å². The van der Waals surface area contributed by atoms with Gasteiger partial charge in [0.1, 0.15) is 5.82 Å². The first-order valence-corrected chi connectivity index (χ1v) is 14.5. The second-order valence-electron chi connectivity index (χ2n) is 9.39. The fourth-order valence-corrected chi connectivity index (χ4v) is 5.97. The van der Waals surface area contributed by atoms with E-state index in [0.717, 1.165) is 33.2 Å². The summed E-state index contributed by atoms with van der Waals surface area (Å²) in [5.74, 6) is 0.0193. The third-order valence-corrected chi connectivity index (χ3v) is 8.16. The van der Waals surface area contributed by atoms with Gasteiger partial charge in [-0.05, 0) is 83.7 Å². The van der Waals surface area contributed by atoms with Gasteiger partial charge >= 0.3 is 5.63 Å². The normalized spacial score (nSPS) is 14.4. The van der Waals surface area contributed by atoms with Crippen LogP contribution < -0.4 is 11.2 Å². The zero-order valence-electron chi connectivity index (χ0n) is 20.2. The highest BCUT2D eigenvalue weighted by atomic mass is 127. The minimum atomic E-state index is -1.02. The molecule has 0 amide bonds. The predicted octanol–water partition coefficient (Wildman–Crippen LogP) is 5.79. The van der Waals surface area contributed by atoms with E-state index in [4.69, 9.17) is 4.42 Å². The van der Waals surface area contributed by atoms with Crippen LogP contribution in [0.1, 0.15) is 46.8 Å². The Labute approximate surface area is 224 Å². The Balaban J connectivity index is 1.85. The number of fused-ring (bicyclic) bond motifs is 1. The molecular weight excluding hydrogens is 592 g/mol. The molecule has 5 rings (SSSR count). The highest BCUT2D eigenvalue weighted by Crippen LogP contribution is 2.40. The Morgan fingerprint density at radius 3 is 2.56 bits per heavy atom. The number of hydrogen-bond acceptors (Lipinski definition) is 4. The van der Waals surface area contributed by atoms with Gasteiger partial charge in [0.25, 0.3) is 5.56 Å². The van der Waals surface area contributed by atoms with Crippen LogP contribution >= 0.6 is 22.6 Å². The highest BCUT2D eigenvalue weighted by molar-refractivity contribution is 14.1. The predicted molar refractivity (Wildman–Crippen MR) is 150 cm³/mol. The zero-order chi connectivity index (χ0) is 25.7. The molecule has 0 bridgehead atoms. The zero-order valence-corrected chi connectivity index (χ0v) is 23.2. The van der Waals surface area contributed by atoms with Crippen LogP contribution in [0, 0.1) is 23.2 Å². The smallest absolute Gasteiger partial charge is 0.339 e. The van der Waals surface area contributed by atoms with Crippen LogP contribution in [0.15, 0.2) is 56.5 Å². The average molecular weight is 617 g/mol. The van der Waals surface area contributed by atoms with Crippen LogP contribution in [0.2, 0.25) is 0 Å². The summed E-state index contributed by atoms with van der Waals surface area (Å²) in [7, 11) is -1.02. The van der Waals surface area contributed by atoms with E-state index in [0.29, 0.717) is 33.4 Å². The number of aromatic nitrogens is 1. The van der Waals surface area contributed by atoms with Crippen molar-refractivity contribution in [2.24, 2.45) is 0 Å². The summed E-state index contributed by atoms with van der Waals surface area (Å²) in [5.41, 5.74) is 3.75.